The monoisotopic (exact) mass is 227 g/mol. The first-order valence-corrected chi connectivity index (χ1v) is 6.15. The van der Waals surface area contributed by atoms with Gasteiger partial charge in [-0.2, -0.15) is 5.10 Å². The van der Waals surface area contributed by atoms with Crippen LogP contribution in [0, 0.1) is 6.92 Å². The molecule has 0 unspecified atom stereocenters. The lowest BCUT2D eigenvalue weighted by Crippen LogP contribution is -2.15. The van der Waals surface area contributed by atoms with Crippen molar-refractivity contribution in [3.05, 3.63) is 46.5 Å². The number of hydrogen-bond acceptors (Lipinski definition) is 2. The van der Waals surface area contributed by atoms with E-state index in [1.54, 1.807) is 0 Å². The molecule has 2 aromatic rings. The molecule has 2 heterocycles. The third kappa shape index (κ3) is 1.75. The zero-order chi connectivity index (χ0) is 12.0. The highest BCUT2D eigenvalue weighted by atomic mass is 15.4. The number of aryl methyl sites for hydroxylation is 1. The van der Waals surface area contributed by atoms with Crippen LogP contribution in [-0.2, 0) is 13.0 Å². The molecule has 0 aliphatic carbocycles. The lowest BCUT2D eigenvalue weighted by Gasteiger charge is -2.17. The maximum atomic E-state index is 4.63. The van der Waals surface area contributed by atoms with Crippen LogP contribution in [0.25, 0.3) is 0 Å². The molecule has 1 aromatic carbocycles. The molecular formula is C14H17N3. The second-order valence-corrected chi connectivity index (χ2v) is 5.15. The van der Waals surface area contributed by atoms with E-state index < -0.39 is 0 Å². The first kappa shape index (κ1) is 10.5. The summed E-state index contributed by atoms with van der Waals surface area (Å²) in [7, 11) is 0. The molecule has 0 saturated carbocycles. The summed E-state index contributed by atoms with van der Waals surface area (Å²) in [6.45, 7) is 7.28. The van der Waals surface area contributed by atoms with Crippen LogP contribution in [0.1, 0.15) is 48.1 Å². The summed E-state index contributed by atoms with van der Waals surface area (Å²) in [5.74, 6) is 2.47. The first-order valence-electron chi connectivity index (χ1n) is 6.15. The third-order valence-electron chi connectivity index (χ3n) is 3.31. The van der Waals surface area contributed by atoms with Crippen LogP contribution in [0.4, 0.5) is 0 Å². The Labute approximate surface area is 101 Å². The van der Waals surface area contributed by atoms with Crippen LogP contribution < -0.4 is 0 Å². The molecule has 3 nitrogen and oxygen atoms in total. The topological polar surface area (TPSA) is 30.7 Å². The number of aromatic nitrogens is 3. The molecule has 0 amide bonds. The van der Waals surface area contributed by atoms with Crippen molar-refractivity contribution in [1.29, 1.82) is 0 Å². The minimum absolute atomic E-state index is 0.401. The summed E-state index contributed by atoms with van der Waals surface area (Å²) >= 11 is 0. The van der Waals surface area contributed by atoms with E-state index in [-0.39, 0.29) is 0 Å². The highest BCUT2D eigenvalue weighted by Crippen LogP contribution is 2.23. The maximum absolute atomic E-state index is 4.63. The van der Waals surface area contributed by atoms with Gasteiger partial charge in [-0.3, -0.25) is 0 Å². The zero-order valence-corrected chi connectivity index (χ0v) is 10.6. The summed E-state index contributed by atoms with van der Waals surface area (Å²) in [6, 6.07) is 6.65. The fourth-order valence-corrected chi connectivity index (χ4v) is 2.30. The van der Waals surface area contributed by atoms with E-state index in [1.807, 2.05) is 4.68 Å². The van der Waals surface area contributed by atoms with Crippen LogP contribution in [0.2, 0.25) is 0 Å². The van der Waals surface area contributed by atoms with Crippen molar-refractivity contribution in [2.45, 2.75) is 39.7 Å². The lowest BCUT2D eigenvalue weighted by molar-refractivity contribution is 0.609. The maximum Gasteiger partial charge on any atom is 0.153 e. The smallest absolute Gasteiger partial charge is 0.153 e. The van der Waals surface area contributed by atoms with Crippen molar-refractivity contribution < 1.29 is 0 Å². The van der Waals surface area contributed by atoms with Gasteiger partial charge < -0.3 is 0 Å². The Kier molecular flexibility index (Phi) is 2.28. The summed E-state index contributed by atoms with van der Waals surface area (Å²) in [6.07, 6.45) is 0.913. The highest BCUT2D eigenvalue weighted by molar-refractivity contribution is 5.36. The van der Waals surface area contributed by atoms with E-state index in [9.17, 15) is 0 Å². The van der Waals surface area contributed by atoms with Gasteiger partial charge in [0.1, 0.15) is 5.82 Å². The molecule has 17 heavy (non-hydrogen) atoms. The number of benzene rings is 1. The average Bonchev–Trinajstić information content (AvgIpc) is 2.68. The minimum atomic E-state index is 0.401. The minimum Gasteiger partial charge on any atom is -0.245 e. The third-order valence-corrected chi connectivity index (χ3v) is 3.31. The van der Waals surface area contributed by atoms with Crippen molar-refractivity contribution in [1.82, 2.24) is 14.8 Å². The van der Waals surface area contributed by atoms with Gasteiger partial charge in [0.15, 0.2) is 5.82 Å². The predicted molar refractivity (Wildman–Crippen MR) is 67.2 cm³/mol. The fraction of sp³-hybridized carbons (Fsp3) is 0.429. The van der Waals surface area contributed by atoms with E-state index in [1.165, 1.54) is 16.7 Å². The standard InChI is InChI=1S/C14H17N3/c1-9(2)14-15-13-7-12-6-10(3)4-5-11(12)8-17(13)16-14/h4-6,9H,7-8H2,1-3H3. The second kappa shape index (κ2) is 3.69. The van der Waals surface area contributed by atoms with Gasteiger partial charge in [-0.25, -0.2) is 9.67 Å². The summed E-state index contributed by atoms with van der Waals surface area (Å²) in [5, 5.41) is 4.58. The molecule has 0 saturated heterocycles. The van der Waals surface area contributed by atoms with Gasteiger partial charge >= 0.3 is 0 Å². The molecule has 0 radical (unpaired) electrons. The molecule has 3 rings (SSSR count). The van der Waals surface area contributed by atoms with E-state index in [0.29, 0.717) is 5.92 Å². The molecule has 88 valence electrons. The Balaban J connectivity index is 2.02. The fourth-order valence-electron chi connectivity index (χ4n) is 2.30. The Hall–Kier alpha value is -1.64. The van der Waals surface area contributed by atoms with Crippen molar-refractivity contribution >= 4 is 0 Å². The number of fused-ring (bicyclic) bond motifs is 2. The number of rotatable bonds is 1. The zero-order valence-electron chi connectivity index (χ0n) is 10.6. The predicted octanol–water partition coefficient (Wildman–Crippen LogP) is 2.66. The Morgan fingerprint density at radius 1 is 1.24 bits per heavy atom. The molecule has 0 spiro atoms. The average molecular weight is 227 g/mol. The van der Waals surface area contributed by atoms with E-state index >= 15 is 0 Å². The molecular weight excluding hydrogens is 210 g/mol. The molecule has 1 aliphatic rings. The molecule has 0 bridgehead atoms. The van der Waals surface area contributed by atoms with Crippen molar-refractivity contribution in [2.24, 2.45) is 0 Å². The van der Waals surface area contributed by atoms with Gasteiger partial charge in [-0.05, 0) is 18.1 Å². The van der Waals surface area contributed by atoms with E-state index in [4.69, 9.17) is 0 Å². The first-order chi connectivity index (χ1) is 8.13. The summed E-state index contributed by atoms with van der Waals surface area (Å²) < 4.78 is 2.05. The summed E-state index contributed by atoms with van der Waals surface area (Å²) in [4.78, 5) is 4.63. The molecule has 3 heteroatoms. The number of hydrogen-bond donors (Lipinski definition) is 0. The Morgan fingerprint density at radius 3 is 2.82 bits per heavy atom. The molecule has 1 aliphatic heterocycles. The van der Waals surface area contributed by atoms with Crippen LogP contribution in [0.3, 0.4) is 0 Å². The molecule has 0 atom stereocenters. The van der Waals surface area contributed by atoms with Crippen molar-refractivity contribution in [2.75, 3.05) is 0 Å². The van der Waals surface area contributed by atoms with Gasteiger partial charge in [-0.1, -0.05) is 37.6 Å². The highest BCUT2D eigenvalue weighted by Gasteiger charge is 2.19. The quantitative estimate of drug-likeness (QED) is 0.640. The van der Waals surface area contributed by atoms with E-state index in [2.05, 4.69) is 49.1 Å². The van der Waals surface area contributed by atoms with Crippen LogP contribution in [0.5, 0.6) is 0 Å². The number of nitrogens with zero attached hydrogens (tertiary/aromatic N) is 3. The van der Waals surface area contributed by atoms with Crippen LogP contribution >= 0.6 is 0 Å². The Bertz CT molecular complexity index is 567. The van der Waals surface area contributed by atoms with Gasteiger partial charge in [0, 0.05) is 12.3 Å². The van der Waals surface area contributed by atoms with Gasteiger partial charge in [-0.15, -0.1) is 0 Å². The molecule has 1 aromatic heterocycles. The normalized spacial score (nSPS) is 13.6. The Morgan fingerprint density at radius 2 is 2.06 bits per heavy atom. The largest absolute Gasteiger partial charge is 0.245 e. The molecule has 0 fully saturated rings. The van der Waals surface area contributed by atoms with Crippen molar-refractivity contribution in [3.8, 4) is 0 Å². The van der Waals surface area contributed by atoms with E-state index in [0.717, 1.165) is 24.6 Å². The van der Waals surface area contributed by atoms with Gasteiger partial charge in [0.05, 0.1) is 6.54 Å². The van der Waals surface area contributed by atoms with Gasteiger partial charge in [0.25, 0.3) is 0 Å². The van der Waals surface area contributed by atoms with Crippen molar-refractivity contribution in [3.63, 3.8) is 0 Å². The lowest BCUT2D eigenvalue weighted by atomic mass is 9.99. The van der Waals surface area contributed by atoms with Gasteiger partial charge in [0.2, 0.25) is 0 Å². The second-order valence-electron chi connectivity index (χ2n) is 5.15. The SMILES string of the molecule is Cc1ccc2c(c1)Cc1nc(C(C)C)nn1C2. The van der Waals surface area contributed by atoms with Crippen LogP contribution in [0.15, 0.2) is 18.2 Å². The molecule has 0 N–H and O–H groups in total. The summed E-state index contributed by atoms with van der Waals surface area (Å²) in [5.41, 5.74) is 4.10. The van der Waals surface area contributed by atoms with Crippen LogP contribution in [-0.4, -0.2) is 14.8 Å².